The Morgan fingerprint density at radius 1 is 1.10 bits per heavy atom. The number of methoxy groups -OCH3 is 1. The zero-order chi connectivity index (χ0) is 15.2. The number of nitrogens with one attached hydrogen (secondary N) is 1. The normalized spacial score (nSPS) is 10.5. The van der Waals surface area contributed by atoms with Crippen LogP contribution in [0.1, 0.15) is 19.4 Å². The van der Waals surface area contributed by atoms with E-state index in [1.165, 1.54) is 7.11 Å². The van der Waals surface area contributed by atoms with Crippen LogP contribution in [0.5, 0.6) is 11.5 Å². The predicted molar refractivity (Wildman–Crippen MR) is 82.5 cm³/mol. The summed E-state index contributed by atoms with van der Waals surface area (Å²) in [7, 11) is 1.46. The third-order valence-corrected chi connectivity index (χ3v) is 2.97. The van der Waals surface area contributed by atoms with Gasteiger partial charge in [-0.25, -0.2) is 4.39 Å². The molecule has 0 bridgehead atoms. The first kappa shape index (κ1) is 15.2. The average molecular weight is 289 g/mol. The van der Waals surface area contributed by atoms with Crippen LogP contribution in [0.25, 0.3) is 0 Å². The second kappa shape index (κ2) is 6.97. The molecule has 2 aromatic rings. The largest absolute Gasteiger partial charge is 0.494 e. The van der Waals surface area contributed by atoms with Gasteiger partial charge in [0.05, 0.1) is 13.2 Å². The van der Waals surface area contributed by atoms with Gasteiger partial charge < -0.3 is 14.8 Å². The van der Waals surface area contributed by atoms with E-state index in [4.69, 9.17) is 9.47 Å². The molecular weight excluding hydrogens is 269 g/mol. The topological polar surface area (TPSA) is 30.5 Å². The summed E-state index contributed by atoms with van der Waals surface area (Å²) in [5.41, 5.74) is 1.48. The molecule has 0 atom stereocenters. The molecule has 0 unspecified atom stereocenters. The first-order valence-electron chi connectivity index (χ1n) is 6.92. The summed E-state index contributed by atoms with van der Waals surface area (Å²) < 4.78 is 24.5. The lowest BCUT2D eigenvalue weighted by atomic mass is 10.2. The van der Waals surface area contributed by atoms with Crippen LogP contribution < -0.4 is 14.8 Å². The van der Waals surface area contributed by atoms with Gasteiger partial charge in [0.25, 0.3) is 0 Å². The molecule has 0 aliphatic heterocycles. The van der Waals surface area contributed by atoms with Gasteiger partial charge in [-0.2, -0.15) is 0 Å². The molecule has 0 heterocycles. The highest BCUT2D eigenvalue weighted by atomic mass is 19.1. The molecule has 0 spiro atoms. The molecule has 1 N–H and O–H groups in total. The van der Waals surface area contributed by atoms with Gasteiger partial charge in [-0.3, -0.25) is 0 Å². The van der Waals surface area contributed by atoms with E-state index >= 15 is 0 Å². The number of halogens is 1. The molecule has 0 amide bonds. The van der Waals surface area contributed by atoms with Gasteiger partial charge in [0.1, 0.15) is 5.75 Å². The summed E-state index contributed by atoms with van der Waals surface area (Å²) in [5.74, 6) is 0.755. The number of anilines is 1. The second-order valence-electron chi connectivity index (χ2n) is 4.98. The third-order valence-electron chi connectivity index (χ3n) is 2.97. The lowest BCUT2D eigenvalue weighted by Gasteiger charge is -2.12. The number of hydrogen-bond donors (Lipinski definition) is 1. The SMILES string of the molecule is COc1cccc(CNc2ccc(OC(C)C)cc2)c1F. The zero-order valence-electron chi connectivity index (χ0n) is 12.5. The van der Waals surface area contributed by atoms with Crippen LogP contribution in [0, 0.1) is 5.82 Å². The Morgan fingerprint density at radius 3 is 2.43 bits per heavy atom. The van der Waals surface area contributed by atoms with Crippen LogP contribution in [0.3, 0.4) is 0 Å². The Kier molecular flexibility index (Phi) is 5.04. The highest BCUT2D eigenvalue weighted by molar-refractivity contribution is 5.47. The minimum Gasteiger partial charge on any atom is -0.494 e. The van der Waals surface area contributed by atoms with Crippen molar-refractivity contribution in [3.05, 3.63) is 53.8 Å². The Bertz CT molecular complexity index is 582. The number of rotatable bonds is 6. The van der Waals surface area contributed by atoms with E-state index in [1.54, 1.807) is 18.2 Å². The molecule has 2 rings (SSSR count). The fraction of sp³-hybridized carbons (Fsp3) is 0.294. The Hall–Kier alpha value is -2.23. The van der Waals surface area contributed by atoms with Crippen LogP contribution in [-0.2, 0) is 6.54 Å². The van der Waals surface area contributed by atoms with Gasteiger partial charge in [-0.1, -0.05) is 12.1 Å². The molecule has 0 saturated heterocycles. The number of hydrogen-bond acceptors (Lipinski definition) is 3. The Balaban J connectivity index is 2.00. The van der Waals surface area contributed by atoms with Crippen LogP contribution in [-0.4, -0.2) is 13.2 Å². The Labute approximate surface area is 124 Å². The van der Waals surface area contributed by atoms with E-state index in [9.17, 15) is 4.39 Å². The van der Waals surface area contributed by atoms with Crippen molar-refractivity contribution in [3.63, 3.8) is 0 Å². The molecule has 4 heteroatoms. The summed E-state index contributed by atoms with van der Waals surface area (Å²) in [6.07, 6.45) is 0.148. The molecule has 21 heavy (non-hydrogen) atoms. The van der Waals surface area contributed by atoms with Crippen molar-refractivity contribution in [2.24, 2.45) is 0 Å². The highest BCUT2D eigenvalue weighted by Crippen LogP contribution is 2.22. The maximum atomic E-state index is 14.0. The van der Waals surface area contributed by atoms with Crippen LogP contribution in [0.4, 0.5) is 10.1 Å². The summed E-state index contributed by atoms with van der Waals surface area (Å²) in [4.78, 5) is 0. The first-order chi connectivity index (χ1) is 10.1. The van der Waals surface area contributed by atoms with Crippen molar-refractivity contribution in [1.82, 2.24) is 0 Å². The van der Waals surface area contributed by atoms with E-state index in [0.717, 1.165) is 11.4 Å². The van der Waals surface area contributed by atoms with Crippen LogP contribution in [0.2, 0.25) is 0 Å². The molecule has 112 valence electrons. The van der Waals surface area contributed by atoms with Gasteiger partial charge in [-0.05, 0) is 44.2 Å². The van der Waals surface area contributed by atoms with Crippen molar-refractivity contribution in [2.45, 2.75) is 26.5 Å². The molecule has 3 nitrogen and oxygen atoms in total. The van der Waals surface area contributed by atoms with Crippen LogP contribution in [0.15, 0.2) is 42.5 Å². The Morgan fingerprint density at radius 2 is 1.81 bits per heavy atom. The average Bonchev–Trinajstić information content (AvgIpc) is 2.47. The molecule has 0 fully saturated rings. The van der Waals surface area contributed by atoms with Crippen molar-refractivity contribution in [1.29, 1.82) is 0 Å². The quantitative estimate of drug-likeness (QED) is 0.863. The maximum absolute atomic E-state index is 14.0. The summed E-state index contributed by atoms with van der Waals surface area (Å²) in [5, 5.41) is 3.18. The fourth-order valence-corrected chi connectivity index (χ4v) is 1.97. The second-order valence-corrected chi connectivity index (χ2v) is 4.98. The van der Waals surface area contributed by atoms with Crippen molar-refractivity contribution < 1.29 is 13.9 Å². The lowest BCUT2D eigenvalue weighted by Crippen LogP contribution is -2.06. The molecule has 0 radical (unpaired) electrons. The maximum Gasteiger partial charge on any atom is 0.170 e. The summed E-state index contributed by atoms with van der Waals surface area (Å²) >= 11 is 0. The van der Waals surface area contributed by atoms with Gasteiger partial charge >= 0.3 is 0 Å². The van der Waals surface area contributed by atoms with E-state index in [-0.39, 0.29) is 17.7 Å². The first-order valence-corrected chi connectivity index (χ1v) is 6.92. The minimum absolute atomic E-state index is 0.148. The molecule has 0 saturated carbocycles. The van der Waals surface area contributed by atoms with Crippen LogP contribution >= 0.6 is 0 Å². The van der Waals surface area contributed by atoms with E-state index < -0.39 is 0 Å². The molecule has 0 aliphatic carbocycles. The molecular formula is C17H20FNO2. The predicted octanol–water partition coefficient (Wildman–Crippen LogP) is 4.23. The minimum atomic E-state index is -0.327. The van der Waals surface area contributed by atoms with Gasteiger partial charge in [0.2, 0.25) is 0 Å². The lowest BCUT2D eigenvalue weighted by molar-refractivity contribution is 0.242. The van der Waals surface area contributed by atoms with Crippen molar-refractivity contribution in [3.8, 4) is 11.5 Å². The van der Waals surface area contributed by atoms with Crippen molar-refractivity contribution >= 4 is 5.69 Å². The summed E-state index contributed by atoms with van der Waals surface area (Å²) in [6, 6.07) is 12.7. The molecule has 2 aromatic carbocycles. The van der Waals surface area contributed by atoms with E-state index in [1.807, 2.05) is 38.1 Å². The summed E-state index contributed by atoms with van der Waals surface area (Å²) in [6.45, 7) is 4.36. The zero-order valence-corrected chi connectivity index (χ0v) is 12.5. The number of benzene rings is 2. The van der Waals surface area contributed by atoms with E-state index in [2.05, 4.69) is 5.32 Å². The monoisotopic (exact) mass is 289 g/mol. The van der Waals surface area contributed by atoms with Gasteiger partial charge in [-0.15, -0.1) is 0 Å². The standard InChI is InChI=1S/C17H20FNO2/c1-12(2)21-15-9-7-14(8-10-15)19-11-13-5-4-6-16(20-3)17(13)18/h4-10,12,19H,11H2,1-3H3. The van der Waals surface area contributed by atoms with E-state index in [0.29, 0.717) is 12.1 Å². The smallest absolute Gasteiger partial charge is 0.170 e. The van der Waals surface area contributed by atoms with Gasteiger partial charge in [0, 0.05) is 17.8 Å². The third kappa shape index (κ3) is 4.12. The highest BCUT2D eigenvalue weighted by Gasteiger charge is 2.07. The van der Waals surface area contributed by atoms with Gasteiger partial charge in [0.15, 0.2) is 11.6 Å². The molecule has 0 aliphatic rings. The molecule has 0 aromatic heterocycles. The fourth-order valence-electron chi connectivity index (χ4n) is 1.97. The number of ether oxygens (including phenoxy) is 2. The van der Waals surface area contributed by atoms with Crippen molar-refractivity contribution in [2.75, 3.05) is 12.4 Å².